The molecule has 0 amide bonds. The van der Waals surface area contributed by atoms with Crippen molar-refractivity contribution in [2.45, 2.75) is 25.2 Å². The van der Waals surface area contributed by atoms with Gasteiger partial charge in [-0.2, -0.15) is 0 Å². The predicted octanol–water partition coefficient (Wildman–Crippen LogP) is 1.30. The average molecular weight is 192 g/mol. The molecule has 0 spiro atoms. The Labute approximate surface area is 83.5 Å². The summed E-state index contributed by atoms with van der Waals surface area (Å²) in [6.45, 7) is 0. The van der Waals surface area contributed by atoms with Crippen LogP contribution in [0, 0.1) is 0 Å². The molecular formula is C10H13BO3. The fraction of sp³-hybridized carbons (Fsp3) is 0.400. The molecular weight excluding hydrogens is 179 g/mol. The smallest absolute Gasteiger partial charge is 0.512 e. The monoisotopic (exact) mass is 192 g/mol. The van der Waals surface area contributed by atoms with Gasteiger partial charge in [-0.15, -0.1) is 0 Å². The molecule has 3 nitrogen and oxygen atoms in total. The van der Waals surface area contributed by atoms with Crippen LogP contribution in [0.15, 0.2) is 24.3 Å². The van der Waals surface area contributed by atoms with Gasteiger partial charge in [-0.25, -0.2) is 0 Å². The Kier molecular flexibility index (Phi) is 2.75. The summed E-state index contributed by atoms with van der Waals surface area (Å²) in [6, 6.07) is 7.52. The van der Waals surface area contributed by atoms with E-state index in [0.29, 0.717) is 11.7 Å². The van der Waals surface area contributed by atoms with Gasteiger partial charge in [0, 0.05) is 0 Å². The topological polar surface area (TPSA) is 49.7 Å². The van der Waals surface area contributed by atoms with Gasteiger partial charge in [0.2, 0.25) is 0 Å². The van der Waals surface area contributed by atoms with Crippen molar-refractivity contribution in [1.82, 2.24) is 0 Å². The van der Waals surface area contributed by atoms with E-state index < -0.39 is 7.32 Å². The zero-order valence-electron chi connectivity index (χ0n) is 7.89. The third kappa shape index (κ3) is 2.08. The quantitative estimate of drug-likeness (QED) is 0.709. The van der Waals surface area contributed by atoms with E-state index >= 15 is 0 Å². The zero-order chi connectivity index (χ0) is 9.97. The number of hydrogen-bond acceptors (Lipinski definition) is 3. The van der Waals surface area contributed by atoms with E-state index in [1.165, 1.54) is 24.8 Å². The minimum atomic E-state index is -1.73. The Morgan fingerprint density at radius 1 is 1.14 bits per heavy atom. The third-order valence-corrected chi connectivity index (χ3v) is 2.70. The third-order valence-electron chi connectivity index (χ3n) is 2.70. The zero-order valence-corrected chi connectivity index (χ0v) is 7.89. The maximum absolute atomic E-state index is 8.57. The highest BCUT2D eigenvalue weighted by atomic mass is 16.6. The van der Waals surface area contributed by atoms with Crippen molar-refractivity contribution < 1.29 is 14.7 Å². The summed E-state index contributed by atoms with van der Waals surface area (Å²) >= 11 is 0. The number of hydrogen-bond donors (Lipinski definition) is 2. The average Bonchev–Trinajstić information content (AvgIpc) is 2.04. The first-order valence-electron chi connectivity index (χ1n) is 4.88. The molecule has 14 heavy (non-hydrogen) atoms. The van der Waals surface area contributed by atoms with Crippen LogP contribution in [0.25, 0.3) is 0 Å². The second kappa shape index (κ2) is 4.03. The first kappa shape index (κ1) is 9.56. The van der Waals surface area contributed by atoms with Gasteiger partial charge in [0.1, 0.15) is 5.75 Å². The number of rotatable bonds is 3. The fourth-order valence-electron chi connectivity index (χ4n) is 1.68. The largest absolute Gasteiger partial charge is 0.707 e. The summed E-state index contributed by atoms with van der Waals surface area (Å²) in [7, 11) is -1.73. The van der Waals surface area contributed by atoms with Crippen LogP contribution < -0.4 is 4.65 Å². The maximum atomic E-state index is 8.57. The van der Waals surface area contributed by atoms with Crippen LogP contribution in [0.3, 0.4) is 0 Å². The normalized spacial score (nSPS) is 16.1. The molecule has 1 fully saturated rings. The van der Waals surface area contributed by atoms with Crippen LogP contribution in [0.5, 0.6) is 5.75 Å². The lowest BCUT2D eigenvalue weighted by molar-refractivity contribution is 0.288. The molecule has 0 bridgehead atoms. The summed E-state index contributed by atoms with van der Waals surface area (Å²) < 4.78 is 4.71. The van der Waals surface area contributed by atoms with E-state index in [0.717, 1.165) is 0 Å². The highest BCUT2D eigenvalue weighted by molar-refractivity contribution is 6.33. The van der Waals surface area contributed by atoms with Gasteiger partial charge in [-0.1, -0.05) is 18.6 Å². The van der Waals surface area contributed by atoms with E-state index in [2.05, 4.69) is 0 Å². The molecule has 0 aromatic heterocycles. The van der Waals surface area contributed by atoms with Gasteiger partial charge in [0.05, 0.1) is 0 Å². The standard InChI is InChI=1S/C10H13BO3/c12-11(13)14-10-6-4-9(5-7-10)8-2-1-3-8/h4-8,12-13H,1-3H2. The van der Waals surface area contributed by atoms with Gasteiger partial charge >= 0.3 is 7.32 Å². The number of benzene rings is 1. The van der Waals surface area contributed by atoms with Crippen molar-refractivity contribution in [2.75, 3.05) is 0 Å². The first-order chi connectivity index (χ1) is 6.75. The lowest BCUT2D eigenvalue weighted by Crippen LogP contribution is -2.20. The highest BCUT2D eigenvalue weighted by Crippen LogP contribution is 2.36. The lowest BCUT2D eigenvalue weighted by Gasteiger charge is -2.25. The van der Waals surface area contributed by atoms with Gasteiger partial charge < -0.3 is 14.7 Å². The second-order valence-corrected chi connectivity index (χ2v) is 3.64. The summed E-state index contributed by atoms with van der Waals surface area (Å²) in [5, 5.41) is 17.1. The van der Waals surface area contributed by atoms with Crippen molar-refractivity contribution in [2.24, 2.45) is 0 Å². The summed E-state index contributed by atoms with van der Waals surface area (Å²) in [4.78, 5) is 0. The van der Waals surface area contributed by atoms with E-state index in [9.17, 15) is 0 Å². The minimum absolute atomic E-state index is 0.489. The fourth-order valence-corrected chi connectivity index (χ4v) is 1.68. The molecule has 4 heteroatoms. The molecule has 2 N–H and O–H groups in total. The van der Waals surface area contributed by atoms with E-state index in [1.807, 2.05) is 12.1 Å². The molecule has 1 saturated carbocycles. The van der Waals surface area contributed by atoms with E-state index in [-0.39, 0.29) is 0 Å². The summed E-state index contributed by atoms with van der Waals surface area (Å²) in [5.74, 6) is 1.19. The van der Waals surface area contributed by atoms with Crippen molar-refractivity contribution in [3.8, 4) is 5.75 Å². The van der Waals surface area contributed by atoms with Crippen molar-refractivity contribution in [1.29, 1.82) is 0 Å². The SMILES string of the molecule is OB(O)Oc1ccc(C2CCC2)cc1. The van der Waals surface area contributed by atoms with Crippen LogP contribution in [0.2, 0.25) is 0 Å². The molecule has 1 aliphatic carbocycles. The van der Waals surface area contributed by atoms with Crippen LogP contribution in [0.4, 0.5) is 0 Å². The molecule has 0 unspecified atom stereocenters. The van der Waals surface area contributed by atoms with Crippen molar-refractivity contribution >= 4 is 7.32 Å². The van der Waals surface area contributed by atoms with Crippen LogP contribution >= 0.6 is 0 Å². The molecule has 0 aliphatic heterocycles. The minimum Gasteiger partial charge on any atom is -0.512 e. The Morgan fingerprint density at radius 2 is 1.79 bits per heavy atom. The molecule has 1 aromatic carbocycles. The Bertz CT molecular complexity index is 293. The van der Waals surface area contributed by atoms with Crippen LogP contribution in [0.1, 0.15) is 30.7 Å². The molecule has 2 rings (SSSR count). The molecule has 1 aromatic rings. The van der Waals surface area contributed by atoms with Crippen molar-refractivity contribution in [3.05, 3.63) is 29.8 Å². The summed E-state index contributed by atoms with van der Waals surface area (Å²) in [6.07, 6.45) is 3.85. The van der Waals surface area contributed by atoms with E-state index in [4.69, 9.17) is 14.7 Å². The molecule has 0 atom stereocenters. The Hall–Kier alpha value is -0.995. The molecule has 74 valence electrons. The highest BCUT2D eigenvalue weighted by Gasteiger charge is 2.19. The summed E-state index contributed by atoms with van der Waals surface area (Å²) in [5.41, 5.74) is 1.32. The Morgan fingerprint density at radius 3 is 2.21 bits per heavy atom. The molecule has 1 aliphatic rings. The van der Waals surface area contributed by atoms with Gasteiger partial charge in [0.25, 0.3) is 0 Å². The van der Waals surface area contributed by atoms with Gasteiger partial charge in [0.15, 0.2) is 0 Å². The maximum Gasteiger partial charge on any atom is 0.707 e. The van der Waals surface area contributed by atoms with Crippen LogP contribution in [-0.2, 0) is 0 Å². The van der Waals surface area contributed by atoms with Crippen molar-refractivity contribution in [3.63, 3.8) is 0 Å². The van der Waals surface area contributed by atoms with Gasteiger partial charge in [-0.05, 0) is 36.5 Å². The Balaban J connectivity index is 2.02. The molecule has 0 radical (unpaired) electrons. The second-order valence-electron chi connectivity index (χ2n) is 3.64. The van der Waals surface area contributed by atoms with Gasteiger partial charge in [-0.3, -0.25) is 0 Å². The lowest BCUT2D eigenvalue weighted by atomic mass is 9.80. The molecule has 0 heterocycles. The first-order valence-corrected chi connectivity index (χ1v) is 4.88. The van der Waals surface area contributed by atoms with Crippen LogP contribution in [-0.4, -0.2) is 17.4 Å². The predicted molar refractivity (Wildman–Crippen MR) is 53.9 cm³/mol. The molecule has 0 saturated heterocycles. The van der Waals surface area contributed by atoms with E-state index in [1.54, 1.807) is 12.1 Å².